The summed E-state index contributed by atoms with van der Waals surface area (Å²) in [5.41, 5.74) is 1.13. The van der Waals surface area contributed by atoms with Crippen LogP contribution in [0.1, 0.15) is 0 Å². The molecule has 1 aromatic carbocycles. The van der Waals surface area contributed by atoms with Crippen molar-refractivity contribution in [1.82, 2.24) is 14.5 Å². The van der Waals surface area contributed by atoms with E-state index in [1.165, 1.54) is 10.8 Å². The van der Waals surface area contributed by atoms with Crippen molar-refractivity contribution >= 4 is 12.1 Å². The van der Waals surface area contributed by atoms with Crippen LogP contribution >= 0.6 is 0 Å². The van der Waals surface area contributed by atoms with E-state index < -0.39 is 0 Å². The van der Waals surface area contributed by atoms with Crippen LogP contribution in [0.2, 0.25) is 0 Å². The minimum absolute atomic E-state index is 0.117. The van der Waals surface area contributed by atoms with Gasteiger partial charge in [0.15, 0.2) is 0 Å². The number of hydrogen-bond donors (Lipinski definition) is 1. The van der Waals surface area contributed by atoms with Crippen LogP contribution in [0.15, 0.2) is 65.8 Å². The van der Waals surface area contributed by atoms with E-state index in [4.69, 9.17) is 0 Å². The maximum absolute atomic E-state index is 12.6. The second kappa shape index (κ2) is 6.01. The normalized spacial score (nSPS) is 10.2. The zero-order valence-electron chi connectivity index (χ0n) is 11.5. The highest BCUT2D eigenvalue weighted by Gasteiger charge is 2.13. The summed E-state index contributed by atoms with van der Waals surface area (Å²) in [5, 5.41) is 2.37. The van der Waals surface area contributed by atoms with Crippen molar-refractivity contribution in [1.29, 1.82) is 0 Å². The van der Waals surface area contributed by atoms with Gasteiger partial charge in [0.1, 0.15) is 11.5 Å². The summed E-state index contributed by atoms with van der Waals surface area (Å²) in [7, 11) is 0. The molecule has 0 aliphatic rings. The van der Waals surface area contributed by atoms with Gasteiger partial charge < -0.3 is 5.32 Å². The van der Waals surface area contributed by atoms with Crippen molar-refractivity contribution in [3.63, 3.8) is 0 Å². The lowest BCUT2D eigenvalue weighted by molar-refractivity contribution is -0.105. The van der Waals surface area contributed by atoms with Crippen LogP contribution < -0.4 is 10.9 Å². The molecule has 2 heterocycles. The number of nitrogens with zero attached hydrogens (tertiary/aromatic N) is 3. The molecule has 108 valence electrons. The van der Waals surface area contributed by atoms with Gasteiger partial charge in [-0.3, -0.25) is 19.1 Å². The highest BCUT2D eigenvalue weighted by molar-refractivity contribution is 5.71. The van der Waals surface area contributed by atoms with Gasteiger partial charge in [0.25, 0.3) is 5.56 Å². The molecule has 0 unspecified atom stereocenters. The van der Waals surface area contributed by atoms with Crippen molar-refractivity contribution in [3.8, 4) is 17.1 Å². The maximum Gasteiger partial charge on any atom is 0.282 e. The average molecular weight is 292 g/mol. The Morgan fingerprint density at radius 2 is 1.86 bits per heavy atom. The lowest BCUT2D eigenvalue weighted by atomic mass is 10.2. The minimum Gasteiger partial charge on any atom is -0.323 e. The van der Waals surface area contributed by atoms with Gasteiger partial charge >= 0.3 is 0 Å². The third kappa shape index (κ3) is 2.49. The quantitative estimate of drug-likeness (QED) is 0.745. The number of hydrogen-bond acceptors (Lipinski definition) is 4. The monoisotopic (exact) mass is 292 g/mol. The molecular formula is C16H12N4O2. The first kappa shape index (κ1) is 13.7. The van der Waals surface area contributed by atoms with Crippen LogP contribution in [-0.4, -0.2) is 20.9 Å². The summed E-state index contributed by atoms with van der Waals surface area (Å²) >= 11 is 0. The Balaban J connectivity index is 2.29. The third-order valence-corrected chi connectivity index (χ3v) is 3.11. The van der Waals surface area contributed by atoms with Gasteiger partial charge in [-0.15, -0.1) is 0 Å². The summed E-state index contributed by atoms with van der Waals surface area (Å²) in [6, 6.07) is 12.7. The zero-order valence-corrected chi connectivity index (χ0v) is 11.5. The molecule has 0 spiro atoms. The molecule has 0 aliphatic heterocycles. The van der Waals surface area contributed by atoms with E-state index >= 15 is 0 Å². The number of amides is 1. The van der Waals surface area contributed by atoms with Gasteiger partial charge in [-0.25, -0.2) is 4.98 Å². The third-order valence-electron chi connectivity index (χ3n) is 3.11. The van der Waals surface area contributed by atoms with E-state index in [2.05, 4.69) is 15.3 Å². The number of aromatic nitrogens is 3. The number of anilines is 1. The smallest absolute Gasteiger partial charge is 0.282 e. The van der Waals surface area contributed by atoms with Crippen molar-refractivity contribution < 1.29 is 4.79 Å². The van der Waals surface area contributed by atoms with E-state index in [0.29, 0.717) is 23.5 Å². The van der Waals surface area contributed by atoms with E-state index in [0.717, 1.165) is 0 Å². The molecule has 0 fully saturated rings. The number of para-hydroxylation sites is 1. The Morgan fingerprint density at radius 3 is 2.55 bits per heavy atom. The number of benzene rings is 1. The van der Waals surface area contributed by atoms with Crippen molar-refractivity contribution in [3.05, 3.63) is 71.4 Å². The van der Waals surface area contributed by atoms with Crippen LogP contribution in [0.5, 0.6) is 0 Å². The molecule has 0 saturated carbocycles. The molecular weight excluding hydrogens is 280 g/mol. The van der Waals surface area contributed by atoms with Crippen molar-refractivity contribution in [2.75, 3.05) is 5.32 Å². The Bertz CT molecular complexity index is 845. The maximum atomic E-state index is 12.6. The number of nitrogens with one attached hydrogen (secondary N) is 1. The van der Waals surface area contributed by atoms with Crippen LogP contribution in [0.3, 0.4) is 0 Å². The fourth-order valence-corrected chi connectivity index (χ4v) is 2.13. The van der Waals surface area contributed by atoms with E-state index in [1.807, 2.05) is 24.3 Å². The SMILES string of the molecule is O=CNc1cnc(-c2cccnc2)n(-c2ccccc2)c1=O. The molecule has 2 aromatic heterocycles. The predicted octanol–water partition coefficient (Wildman–Crippen LogP) is 1.86. The van der Waals surface area contributed by atoms with Gasteiger partial charge in [-0.2, -0.15) is 0 Å². The largest absolute Gasteiger partial charge is 0.323 e. The molecule has 3 rings (SSSR count). The lowest BCUT2D eigenvalue weighted by Gasteiger charge is -2.13. The Kier molecular flexibility index (Phi) is 3.74. The first-order valence-electron chi connectivity index (χ1n) is 6.59. The molecule has 22 heavy (non-hydrogen) atoms. The van der Waals surface area contributed by atoms with E-state index in [-0.39, 0.29) is 11.2 Å². The fourth-order valence-electron chi connectivity index (χ4n) is 2.13. The molecule has 3 aromatic rings. The topological polar surface area (TPSA) is 76.9 Å². The van der Waals surface area contributed by atoms with Crippen molar-refractivity contribution in [2.24, 2.45) is 0 Å². The van der Waals surface area contributed by atoms with Crippen LogP contribution in [0, 0.1) is 0 Å². The molecule has 0 bridgehead atoms. The van der Waals surface area contributed by atoms with E-state index in [1.54, 1.807) is 30.6 Å². The second-order valence-electron chi connectivity index (χ2n) is 4.48. The molecule has 6 heteroatoms. The predicted molar refractivity (Wildman–Crippen MR) is 82.8 cm³/mol. The molecule has 6 nitrogen and oxygen atoms in total. The fraction of sp³-hybridized carbons (Fsp3) is 0. The zero-order chi connectivity index (χ0) is 15.4. The first-order chi connectivity index (χ1) is 10.8. The standard InChI is InChI=1S/C16H12N4O2/c21-11-19-14-10-18-15(12-5-4-8-17-9-12)20(16(14)22)13-6-2-1-3-7-13/h1-11H,(H,19,21). The Hall–Kier alpha value is -3.28. The minimum atomic E-state index is -0.354. The number of carbonyl (C=O) groups excluding carboxylic acids is 1. The molecule has 1 N–H and O–H groups in total. The molecule has 1 amide bonds. The van der Waals surface area contributed by atoms with Gasteiger partial charge in [-0.1, -0.05) is 18.2 Å². The highest BCUT2D eigenvalue weighted by atomic mass is 16.1. The van der Waals surface area contributed by atoms with Crippen LogP contribution in [-0.2, 0) is 4.79 Å². The van der Waals surface area contributed by atoms with Gasteiger partial charge in [0.2, 0.25) is 6.41 Å². The van der Waals surface area contributed by atoms with Gasteiger partial charge in [0.05, 0.1) is 11.9 Å². The summed E-state index contributed by atoms with van der Waals surface area (Å²) in [4.78, 5) is 31.6. The first-order valence-corrected chi connectivity index (χ1v) is 6.59. The Labute approximate surface area is 126 Å². The van der Waals surface area contributed by atoms with Gasteiger partial charge in [0, 0.05) is 18.0 Å². The van der Waals surface area contributed by atoms with E-state index in [9.17, 15) is 9.59 Å². The lowest BCUT2D eigenvalue weighted by Crippen LogP contribution is -2.24. The summed E-state index contributed by atoms with van der Waals surface area (Å²) in [5.74, 6) is 0.459. The number of rotatable bonds is 4. The Morgan fingerprint density at radius 1 is 1.05 bits per heavy atom. The number of pyridine rings is 1. The summed E-state index contributed by atoms with van der Waals surface area (Å²) < 4.78 is 1.45. The summed E-state index contributed by atoms with van der Waals surface area (Å²) in [6.07, 6.45) is 5.08. The van der Waals surface area contributed by atoms with Crippen LogP contribution in [0.4, 0.5) is 5.69 Å². The van der Waals surface area contributed by atoms with Gasteiger partial charge in [-0.05, 0) is 24.3 Å². The van der Waals surface area contributed by atoms with Crippen LogP contribution in [0.25, 0.3) is 17.1 Å². The number of carbonyl (C=O) groups is 1. The molecule has 0 saturated heterocycles. The highest BCUT2D eigenvalue weighted by Crippen LogP contribution is 2.19. The molecule has 0 radical (unpaired) electrons. The molecule has 0 aliphatic carbocycles. The van der Waals surface area contributed by atoms with Crippen molar-refractivity contribution in [2.45, 2.75) is 0 Å². The molecule has 0 atom stereocenters. The second-order valence-corrected chi connectivity index (χ2v) is 4.48. The average Bonchev–Trinajstić information content (AvgIpc) is 2.58. The summed E-state index contributed by atoms with van der Waals surface area (Å²) in [6.45, 7) is 0.